The number of esters is 1. The van der Waals surface area contributed by atoms with Crippen molar-refractivity contribution in [1.82, 2.24) is 10.3 Å². The molecule has 1 unspecified atom stereocenters. The molecular formula is C20H20BrN3O4. The summed E-state index contributed by atoms with van der Waals surface area (Å²) in [5.74, 6) is 0.0953. The maximum absolute atomic E-state index is 12.4. The first-order valence-electron chi connectivity index (χ1n) is 8.69. The molecule has 0 fully saturated rings. The van der Waals surface area contributed by atoms with Crippen LogP contribution < -0.4 is 15.8 Å². The molecule has 8 heteroatoms. The van der Waals surface area contributed by atoms with Gasteiger partial charge in [-0.3, -0.25) is 0 Å². The number of aromatic amines is 1. The van der Waals surface area contributed by atoms with Crippen molar-refractivity contribution >= 4 is 38.8 Å². The third kappa shape index (κ3) is 5.26. The van der Waals surface area contributed by atoms with E-state index in [0.29, 0.717) is 5.75 Å². The standard InChI is InChI=1S/C20H20BrN3O4/c21-14-4-3-5-15(11-14)27-8-9-28-19(25)18(24-20(22)26)10-13-12-23-17-7-2-1-6-16(13)17/h1-7,11-12,18,23H,8-10H2,(H3,22,24,26). The van der Waals surface area contributed by atoms with Crippen LogP contribution in [0.1, 0.15) is 5.56 Å². The number of nitrogens with two attached hydrogens (primary N) is 1. The second kappa shape index (κ2) is 9.27. The highest BCUT2D eigenvalue weighted by Crippen LogP contribution is 2.20. The molecule has 0 bridgehead atoms. The van der Waals surface area contributed by atoms with Crippen LogP contribution in [0, 0.1) is 0 Å². The second-order valence-corrected chi connectivity index (χ2v) is 7.01. The van der Waals surface area contributed by atoms with E-state index in [0.717, 1.165) is 20.9 Å². The lowest BCUT2D eigenvalue weighted by Gasteiger charge is -2.16. The minimum Gasteiger partial charge on any atom is -0.490 e. The van der Waals surface area contributed by atoms with Crippen molar-refractivity contribution in [3.05, 3.63) is 64.8 Å². The molecule has 146 valence electrons. The van der Waals surface area contributed by atoms with Gasteiger partial charge in [-0.25, -0.2) is 9.59 Å². The molecule has 0 saturated carbocycles. The third-order valence-electron chi connectivity index (χ3n) is 4.09. The molecule has 0 aliphatic rings. The maximum Gasteiger partial charge on any atom is 0.329 e. The number of urea groups is 1. The number of H-pyrrole nitrogens is 1. The Kier molecular flexibility index (Phi) is 6.54. The van der Waals surface area contributed by atoms with Gasteiger partial charge in [0, 0.05) is 28.0 Å². The molecule has 28 heavy (non-hydrogen) atoms. The SMILES string of the molecule is NC(=O)NC(Cc1c[nH]c2ccccc12)C(=O)OCCOc1cccc(Br)c1. The summed E-state index contributed by atoms with van der Waals surface area (Å²) in [6.07, 6.45) is 2.07. The fraction of sp³-hybridized carbons (Fsp3) is 0.200. The van der Waals surface area contributed by atoms with E-state index in [-0.39, 0.29) is 19.6 Å². The lowest BCUT2D eigenvalue weighted by atomic mass is 10.1. The van der Waals surface area contributed by atoms with E-state index in [9.17, 15) is 9.59 Å². The molecule has 3 aromatic rings. The lowest BCUT2D eigenvalue weighted by molar-refractivity contribution is -0.146. The minimum atomic E-state index is -0.887. The number of hydrogen-bond acceptors (Lipinski definition) is 4. The van der Waals surface area contributed by atoms with Crippen molar-refractivity contribution in [1.29, 1.82) is 0 Å². The average molecular weight is 446 g/mol. The van der Waals surface area contributed by atoms with Gasteiger partial charge in [-0.2, -0.15) is 0 Å². The van der Waals surface area contributed by atoms with E-state index >= 15 is 0 Å². The number of halogens is 1. The van der Waals surface area contributed by atoms with Crippen LogP contribution >= 0.6 is 15.9 Å². The Bertz CT molecular complexity index is 973. The van der Waals surface area contributed by atoms with Gasteiger partial charge in [0.15, 0.2) is 0 Å². The zero-order chi connectivity index (χ0) is 19.9. The monoisotopic (exact) mass is 445 g/mol. The van der Waals surface area contributed by atoms with Crippen LogP contribution in [0.4, 0.5) is 4.79 Å². The topological polar surface area (TPSA) is 106 Å². The molecule has 7 nitrogen and oxygen atoms in total. The molecule has 1 heterocycles. The molecule has 1 aromatic heterocycles. The van der Waals surface area contributed by atoms with E-state index in [4.69, 9.17) is 15.2 Å². The largest absolute Gasteiger partial charge is 0.490 e. The van der Waals surface area contributed by atoms with Crippen molar-refractivity contribution in [3.63, 3.8) is 0 Å². The Balaban J connectivity index is 1.57. The highest BCUT2D eigenvalue weighted by molar-refractivity contribution is 9.10. The molecule has 0 aliphatic carbocycles. The molecule has 2 aromatic carbocycles. The predicted octanol–water partition coefficient (Wildman–Crippen LogP) is 3.13. The quantitative estimate of drug-likeness (QED) is 0.365. The number of fused-ring (bicyclic) bond motifs is 1. The van der Waals surface area contributed by atoms with Crippen LogP contribution in [0.25, 0.3) is 10.9 Å². The molecular weight excluding hydrogens is 426 g/mol. The van der Waals surface area contributed by atoms with Crippen LogP contribution in [0.15, 0.2) is 59.2 Å². The van der Waals surface area contributed by atoms with Crippen LogP contribution in [-0.4, -0.2) is 36.2 Å². The number of amides is 2. The van der Waals surface area contributed by atoms with Crippen molar-refractivity contribution in [3.8, 4) is 5.75 Å². The number of ether oxygens (including phenoxy) is 2. The summed E-state index contributed by atoms with van der Waals surface area (Å²) < 4.78 is 11.7. The van der Waals surface area contributed by atoms with Crippen LogP contribution in [0.5, 0.6) is 5.75 Å². The summed E-state index contributed by atoms with van der Waals surface area (Å²) in [7, 11) is 0. The van der Waals surface area contributed by atoms with Crippen molar-refractivity contribution in [2.45, 2.75) is 12.5 Å². The Morgan fingerprint density at radius 2 is 1.96 bits per heavy atom. The number of hydrogen-bond donors (Lipinski definition) is 3. The first-order valence-corrected chi connectivity index (χ1v) is 9.48. The molecule has 0 aliphatic heterocycles. The number of primary amides is 1. The summed E-state index contributed by atoms with van der Waals surface area (Å²) in [5, 5.41) is 3.43. The van der Waals surface area contributed by atoms with Gasteiger partial charge >= 0.3 is 12.0 Å². The van der Waals surface area contributed by atoms with E-state index in [1.165, 1.54) is 0 Å². The number of aromatic nitrogens is 1. The summed E-state index contributed by atoms with van der Waals surface area (Å²) in [4.78, 5) is 26.9. The van der Waals surface area contributed by atoms with Crippen molar-refractivity contribution in [2.24, 2.45) is 5.73 Å². The average Bonchev–Trinajstić information content (AvgIpc) is 3.07. The van der Waals surface area contributed by atoms with Gasteiger partial charge in [0.1, 0.15) is 25.0 Å². The summed E-state index contributed by atoms with van der Waals surface area (Å²) in [5.41, 5.74) is 7.06. The first-order chi connectivity index (χ1) is 13.5. The number of carbonyl (C=O) groups excluding carboxylic acids is 2. The van der Waals surface area contributed by atoms with Gasteiger partial charge in [-0.05, 0) is 29.8 Å². The van der Waals surface area contributed by atoms with Crippen molar-refractivity contribution in [2.75, 3.05) is 13.2 Å². The Labute approximate surface area is 170 Å². The molecule has 0 saturated heterocycles. The molecule has 0 spiro atoms. The summed E-state index contributed by atoms with van der Waals surface area (Å²) in [6, 6.07) is 13.4. The van der Waals surface area contributed by atoms with Gasteiger partial charge in [0.2, 0.25) is 0 Å². The van der Waals surface area contributed by atoms with Crippen molar-refractivity contribution < 1.29 is 19.1 Å². The van der Waals surface area contributed by atoms with E-state index < -0.39 is 18.0 Å². The van der Waals surface area contributed by atoms with Gasteiger partial charge in [-0.15, -0.1) is 0 Å². The predicted molar refractivity (Wildman–Crippen MR) is 109 cm³/mol. The van der Waals surface area contributed by atoms with Crippen LogP contribution in [0.2, 0.25) is 0 Å². The minimum absolute atomic E-state index is 0.0518. The zero-order valence-electron chi connectivity index (χ0n) is 15.0. The molecule has 4 N–H and O–H groups in total. The molecule has 2 amide bonds. The number of nitrogens with one attached hydrogen (secondary N) is 2. The molecule has 3 rings (SSSR count). The third-order valence-corrected chi connectivity index (χ3v) is 4.59. The van der Waals surface area contributed by atoms with E-state index in [1.54, 1.807) is 6.07 Å². The summed E-state index contributed by atoms with van der Waals surface area (Å²) in [6.45, 7) is 0.245. The van der Waals surface area contributed by atoms with E-state index in [1.807, 2.05) is 48.7 Å². The molecule has 1 atom stereocenters. The Hall–Kier alpha value is -3.00. The second-order valence-electron chi connectivity index (χ2n) is 6.10. The Morgan fingerprint density at radius 3 is 2.75 bits per heavy atom. The highest BCUT2D eigenvalue weighted by atomic mass is 79.9. The number of para-hydroxylation sites is 1. The Morgan fingerprint density at radius 1 is 1.14 bits per heavy atom. The van der Waals surface area contributed by atoms with E-state index in [2.05, 4.69) is 26.2 Å². The number of benzene rings is 2. The van der Waals surface area contributed by atoms with Gasteiger partial charge in [-0.1, -0.05) is 40.2 Å². The van der Waals surface area contributed by atoms with Crippen LogP contribution in [-0.2, 0) is 16.0 Å². The van der Waals surface area contributed by atoms with Crippen LogP contribution in [0.3, 0.4) is 0 Å². The molecule has 0 radical (unpaired) electrons. The van der Waals surface area contributed by atoms with Gasteiger partial charge in [0.25, 0.3) is 0 Å². The number of carbonyl (C=O) groups is 2. The van der Waals surface area contributed by atoms with Gasteiger partial charge in [0.05, 0.1) is 0 Å². The smallest absolute Gasteiger partial charge is 0.329 e. The normalized spacial score (nSPS) is 11.8. The highest BCUT2D eigenvalue weighted by Gasteiger charge is 2.23. The fourth-order valence-corrected chi connectivity index (χ4v) is 3.22. The zero-order valence-corrected chi connectivity index (χ0v) is 16.6. The number of rotatable bonds is 8. The maximum atomic E-state index is 12.4. The van der Waals surface area contributed by atoms with Gasteiger partial charge < -0.3 is 25.5 Å². The summed E-state index contributed by atoms with van der Waals surface area (Å²) >= 11 is 3.36. The fourth-order valence-electron chi connectivity index (χ4n) is 2.84. The lowest BCUT2D eigenvalue weighted by Crippen LogP contribution is -2.46. The first kappa shape index (κ1) is 19.8.